The van der Waals surface area contributed by atoms with Crippen LogP contribution in [0.25, 0.3) is 0 Å². The summed E-state index contributed by atoms with van der Waals surface area (Å²) in [6.07, 6.45) is 0.145. The quantitative estimate of drug-likeness (QED) is 0.464. The van der Waals surface area contributed by atoms with Crippen LogP contribution in [0.5, 0.6) is 0 Å². The van der Waals surface area contributed by atoms with Gasteiger partial charge in [0.25, 0.3) is 5.91 Å². The maximum Gasteiger partial charge on any atom is 0.326 e. The molecule has 1 saturated heterocycles. The highest BCUT2D eigenvalue weighted by atomic mass is 35.5. The van der Waals surface area contributed by atoms with Gasteiger partial charge in [-0.1, -0.05) is 61.3 Å². The Hall–Kier alpha value is -2.81. The molecule has 192 valence electrons. The Balaban J connectivity index is 1.65. The molecule has 2 aromatic carbocycles. The van der Waals surface area contributed by atoms with Gasteiger partial charge in [0.1, 0.15) is 16.5 Å². The van der Waals surface area contributed by atoms with Crippen LogP contribution in [-0.2, 0) is 19.9 Å². The Morgan fingerprint density at radius 2 is 1.68 bits per heavy atom. The Kier molecular flexibility index (Phi) is 6.63. The van der Waals surface area contributed by atoms with Crippen molar-refractivity contribution in [1.82, 2.24) is 9.80 Å². The fourth-order valence-corrected chi connectivity index (χ4v) is 6.94. The average Bonchev–Trinajstić information content (AvgIpc) is 3.49. The van der Waals surface area contributed by atoms with Crippen LogP contribution in [-0.4, -0.2) is 43.9 Å². The molecule has 5 rings (SSSR count). The molecule has 7 nitrogen and oxygen atoms in total. The molecule has 0 aromatic heterocycles. The molecule has 0 spiro atoms. The van der Waals surface area contributed by atoms with Crippen molar-refractivity contribution in [3.63, 3.8) is 0 Å². The van der Waals surface area contributed by atoms with Crippen molar-refractivity contribution in [1.29, 1.82) is 0 Å². The van der Waals surface area contributed by atoms with Gasteiger partial charge in [-0.05, 0) is 66.4 Å². The Morgan fingerprint density at radius 1 is 1.08 bits per heavy atom. The molecular weight excluding hydrogens is 533 g/mol. The first kappa shape index (κ1) is 25.8. The number of allylic oxidation sites excluding steroid dienone is 1. The number of rotatable bonds is 5. The van der Waals surface area contributed by atoms with Crippen molar-refractivity contribution in [3.8, 4) is 0 Å². The monoisotopic (exact) mass is 557 g/mol. The van der Waals surface area contributed by atoms with Crippen molar-refractivity contribution in [2.24, 2.45) is 10.9 Å². The number of carboxylic acid groups (broad SMARTS) is 1. The fourth-order valence-electron chi connectivity index (χ4n) is 5.35. The number of aliphatic carboxylic acids is 1. The van der Waals surface area contributed by atoms with Crippen LogP contribution in [0.2, 0.25) is 10.0 Å². The molecule has 2 amide bonds. The smallest absolute Gasteiger partial charge is 0.326 e. The van der Waals surface area contributed by atoms with E-state index in [1.54, 1.807) is 0 Å². The highest BCUT2D eigenvalue weighted by molar-refractivity contribution is 8.18. The third kappa shape index (κ3) is 4.25. The van der Waals surface area contributed by atoms with Gasteiger partial charge in [0.15, 0.2) is 5.17 Å². The van der Waals surface area contributed by atoms with Crippen molar-refractivity contribution in [2.45, 2.75) is 51.2 Å². The van der Waals surface area contributed by atoms with Gasteiger partial charge in [0.05, 0.1) is 6.04 Å². The van der Waals surface area contributed by atoms with Gasteiger partial charge in [-0.3, -0.25) is 14.5 Å². The molecule has 3 aliphatic rings. The van der Waals surface area contributed by atoms with Gasteiger partial charge >= 0.3 is 5.97 Å². The summed E-state index contributed by atoms with van der Waals surface area (Å²) in [4.78, 5) is 46.6. The van der Waals surface area contributed by atoms with Crippen LogP contribution in [0.1, 0.15) is 50.8 Å². The van der Waals surface area contributed by atoms with Gasteiger partial charge in [-0.2, -0.15) is 0 Å². The number of halogens is 2. The minimum absolute atomic E-state index is 0.0321. The fraction of sp³-hybridized carbons (Fsp3) is 0.333. The number of amides is 2. The molecule has 0 unspecified atom stereocenters. The number of carbonyl (C=O) groups excluding carboxylic acids is 2. The molecule has 1 N–H and O–H groups in total. The number of carboxylic acids is 1. The van der Waals surface area contributed by atoms with E-state index >= 15 is 0 Å². The zero-order valence-electron chi connectivity index (χ0n) is 20.4. The van der Waals surface area contributed by atoms with Crippen molar-refractivity contribution in [2.75, 3.05) is 0 Å². The number of likely N-dealkylation sites (tertiary alicyclic amines) is 1. The van der Waals surface area contributed by atoms with E-state index in [1.807, 2.05) is 69.3 Å². The lowest BCUT2D eigenvalue weighted by Crippen LogP contribution is -2.43. The van der Waals surface area contributed by atoms with Gasteiger partial charge in [0, 0.05) is 22.2 Å². The minimum atomic E-state index is -1.18. The molecule has 10 heteroatoms. The van der Waals surface area contributed by atoms with Crippen molar-refractivity contribution < 1.29 is 19.5 Å². The summed E-state index contributed by atoms with van der Waals surface area (Å²) in [6.45, 7) is 6.00. The molecule has 0 aliphatic carbocycles. The predicted octanol–water partition coefficient (Wildman–Crippen LogP) is 5.84. The minimum Gasteiger partial charge on any atom is -0.480 e. The number of imide groups is 1. The molecule has 0 bridgehead atoms. The summed E-state index contributed by atoms with van der Waals surface area (Å²) in [5.74, 6) is -2.34. The highest BCUT2D eigenvalue weighted by Gasteiger charge is 2.54. The lowest BCUT2D eigenvalue weighted by atomic mass is 9.81. The standard InChI is InChI=1S/C27H25Cl2N3O4S/c1-14(2)21-22(24(34)31-19(25(35)36)12-13-20(31)33)37-26-30-27(3,16-6-10-18(29)11-7-16)23(32(21)26)15-4-8-17(28)9-5-15/h4-11,14,19,23H,12-13H2,1-3H3,(H,35,36)/t19-,23+,27-/m0/s1. The normalized spacial score (nSPS) is 25.2. The summed E-state index contributed by atoms with van der Waals surface area (Å²) >= 11 is 13.6. The van der Waals surface area contributed by atoms with Gasteiger partial charge in [-0.15, -0.1) is 0 Å². The largest absolute Gasteiger partial charge is 0.480 e. The van der Waals surface area contributed by atoms with E-state index in [-0.39, 0.29) is 24.8 Å². The molecular formula is C27H25Cl2N3O4S. The number of benzene rings is 2. The third-order valence-electron chi connectivity index (χ3n) is 7.08. The van der Waals surface area contributed by atoms with Crippen LogP contribution in [0.15, 0.2) is 64.1 Å². The first-order valence-corrected chi connectivity index (χ1v) is 13.5. The van der Waals surface area contributed by atoms with Gasteiger partial charge in [-0.25, -0.2) is 9.79 Å². The summed E-state index contributed by atoms with van der Waals surface area (Å²) in [5.41, 5.74) is 1.91. The summed E-state index contributed by atoms with van der Waals surface area (Å²) < 4.78 is 0. The van der Waals surface area contributed by atoms with E-state index in [0.29, 0.717) is 20.1 Å². The second-order valence-corrected chi connectivity index (χ2v) is 11.7. The number of carbonyl (C=O) groups is 3. The maximum absolute atomic E-state index is 13.7. The lowest BCUT2D eigenvalue weighted by molar-refractivity contribution is -0.152. The van der Waals surface area contributed by atoms with E-state index in [2.05, 4.69) is 4.90 Å². The number of hydrogen-bond acceptors (Lipinski definition) is 6. The SMILES string of the molecule is CC(C)C1=C(C(=O)N2C(=O)CC[C@H]2C(=O)O)SC2=N[C@@](C)(c3ccc(Cl)cc3)[C@@H](c3ccc(Cl)cc3)N21. The van der Waals surface area contributed by atoms with Gasteiger partial charge < -0.3 is 10.0 Å². The zero-order chi connectivity index (χ0) is 26.6. The van der Waals surface area contributed by atoms with E-state index in [1.165, 1.54) is 11.8 Å². The molecule has 3 aliphatic heterocycles. The number of thioether (sulfide) groups is 1. The summed E-state index contributed by atoms with van der Waals surface area (Å²) in [6, 6.07) is 13.6. The number of amidine groups is 1. The maximum atomic E-state index is 13.7. The molecule has 3 atom stereocenters. The molecule has 0 radical (unpaired) electrons. The molecule has 1 fully saturated rings. The molecule has 0 saturated carbocycles. The first-order valence-electron chi connectivity index (χ1n) is 11.9. The van der Waals surface area contributed by atoms with E-state index in [9.17, 15) is 19.5 Å². The summed E-state index contributed by atoms with van der Waals surface area (Å²) in [5, 5.41) is 11.5. The first-order chi connectivity index (χ1) is 17.5. The second-order valence-electron chi connectivity index (χ2n) is 9.81. The van der Waals surface area contributed by atoms with Crippen molar-refractivity contribution >= 4 is 57.9 Å². The van der Waals surface area contributed by atoms with Crippen LogP contribution in [0.3, 0.4) is 0 Å². The molecule has 37 heavy (non-hydrogen) atoms. The number of fused-ring (bicyclic) bond motifs is 1. The average molecular weight is 558 g/mol. The van der Waals surface area contributed by atoms with Crippen molar-refractivity contribution in [3.05, 3.63) is 80.3 Å². The number of aliphatic imine (C=N–C) groups is 1. The Bertz CT molecular complexity index is 1360. The van der Waals surface area contributed by atoms with Gasteiger partial charge in [0.2, 0.25) is 5.91 Å². The van der Waals surface area contributed by atoms with E-state index < -0.39 is 29.4 Å². The predicted molar refractivity (Wildman–Crippen MR) is 144 cm³/mol. The van der Waals surface area contributed by atoms with Crippen LogP contribution in [0.4, 0.5) is 0 Å². The summed E-state index contributed by atoms with van der Waals surface area (Å²) in [7, 11) is 0. The van der Waals surface area contributed by atoms with E-state index in [0.717, 1.165) is 21.7 Å². The zero-order valence-corrected chi connectivity index (χ0v) is 22.8. The van der Waals surface area contributed by atoms with E-state index in [4.69, 9.17) is 28.2 Å². The third-order valence-corrected chi connectivity index (χ3v) is 8.64. The molecule has 2 aromatic rings. The van der Waals surface area contributed by atoms with Crippen LogP contribution in [0, 0.1) is 5.92 Å². The highest BCUT2D eigenvalue weighted by Crippen LogP contribution is 2.56. The van der Waals surface area contributed by atoms with Crippen LogP contribution >= 0.6 is 35.0 Å². The second kappa shape index (κ2) is 9.49. The molecule has 3 heterocycles. The topological polar surface area (TPSA) is 90.3 Å². The Morgan fingerprint density at radius 3 is 2.24 bits per heavy atom. The lowest BCUT2D eigenvalue weighted by Gasteiger charge is -2.37. The number of nitrogens with zero attached hydrogens (tertiary/aromatic N) is 3. The van der Waals surface area contributed by atoms with Crippen LogP contribution < -0.4 is 0 Å². The Labute approximate surface area is 229 Å². The number of hydrogen-bond donors (Lipinski definition) is 1.